The van der Waals surface area contributed by atoms with E-state index in [4.69, 9.17) is 10.5 Å². The number of amides is 1. The molecular formula is C11H18N4O2. The van der Waals surface area contributed by atoms with Crippen molar-refractivity contribution in [3.63, 3.8) is 0 Å². The van der Waals surface area contributed by atoms with Gasteiger partial charge in [0.05, 0.1) is 0 Å². The standard InChI is InChI=1S/C11H18N4O2/c1-11(3-6-17-7-4-11)13-10(16)8-15-5-2-9(12)14-15/h2,5H,3-4,6-8H2,1H3,(H2,12,14)(H,13,16). The number of carbonyl (C=O) groups excluding carboxylic acids is 1. The van der Waals surface area contributed by atoms with Crippen LogP contribution in [0.5, 0.6) is 0 Å². The molecule has 0 atom stereocenters. The van der Waals surface area contributed by atoms with E-state index in [1.807, 2.05) is 6.92 Å². The Morgan fingerprint density at radius 3 is 2.94 bits per heavy atom. The normalized spacial score (nSPS) is 18.9. The van der Waals surface area contributed by atoms with E-state index in [0.717, 1.165) is 12.8 Å². The zero-order valence-electron chi connectivity index (χ0n) is 9.98. The molecule has 1 fully saturated rings. The lowest BCUT2D eigenvalue weighted by molar-refractivity contribution is -0.124. The Balaban J connectivity index is 1.88. The molecule has 0 aliphatic carbocycles. The van der Waals surface area contributed by atoms with Gasteiger partial charge in [0.2, 0.25) is 5.91 Å². The van der Waals surface area contributed by atoms with Crippen molar-refractivity contribution in [2.45, 2.75) is 31.8 Å². The lowest BCUT2D eigenvalue weighted by atomic mass is 9.92. The monoisotopic (exact) mass is 238 g/mol. The van der Waals surface area contributed by atoms with E-state index in [0.29, 0.717) is 19.0 Å². The highest BCUT2D eigenvalue weighted by Crippen LogP contribution is 2.19. The molecule has 6 heteroatoms. The molecule has 0 spiro atoms. The first-order valence-corrected chi connectivity index (χ1v) is 5.75. The Morgan fingerprint density at radius 1 is 1.65 bits per heavy atom. The Bertz CT molecular complexity index is 396. The first kappa shape index (κ1) is 11.9. The first-order chi connectivity index (χ1) is 8.07. The Kier molecular flexibility index (Phi) is 3.33. The quantitative estimate of drug-likeness (QED) is 0.785. The Morgan fingerprint density at radius 2 is 2.35 bits per heavy atom. The van der Waals surface area contributed by atoms with Crippen molar-refractivity contribution < 1.29 is 9.53 Å². The van der Waals surface area contributed by atoms with E-state index in [-0.39, 0.29) is 18.0 Å². The molecule has 1 amide bonds. The number of hydrogen-bond donors (Lipinski definition) is 2. The van der Waals surface area contributed by atoms with Crippen LogP contribution in [0.1, 0.15) is 19.8 Å². The number of nitrogen functional groups attached to an aromatic ring is 1. The average molecular weight is 238 g/mol. The van der Waals surface area contributed by atoms with Gasteiger partial charge in [-0.2, -0.15) is 5.10 Å². The second-order valence-electron chi connectivity index (χ2n) is 4.66. The number of nitrogens with zero attached hydrogens (tertiary/aromatic N) is 2. The van der Waals surface area contributed by atoms with Crippen molar-refractivity contribution in [1.29, 1.82) is 0 Å². The van der Waals surface area contributed by atoms with E-state index in [1.54, 1.807) is 12.3 Å². The van der Waals surface area contributed by atoms with Gasteiger partial charge in [0, 0.05) is 24.9 Å². The van der Waals surface area contributed by atoms with E-state index < -0.39 is 0 Å². The molecule has 17 heavy (non-hydrogen) atoms. The molecule has 1 aromatic heterocycles. The molecule has 1 aromatic rings. The molecule has 0 radical (unpaired) electrons. The van der Waals surface area contributed by atoms with Crippen LogP contribution in [0.2, 0.25) is 0 Å². The highest BCUT2D eigenvalue weighted by Gasteiger charge is 2.28. The molecular weight excluding hydrogens is 220 g/mol. The van der Waals surface area contributed by atoms with Gasteiger partial charge in [-0.25, -0.2) is 0 Å². The second kappa shape index (κ2) is 4.75. The van der Waals surface area contributed by atoms with Crippen LogP contribution in [0, 0.1) is 0 Å². The minimum Gasteiger partial charge on any atom is -0.382 e. The molecule has 1 aliphatic heterocycles. The third-order valence-electron chi connectivity index (χ3n) is 3.00. The van der Waals surface area contributed by atoms with Crippen molar-refractivity contribution in [1.82, 2.24) is 15.1 Å². The van der Waals surface area contributed by atoms with Gasteiger partial charge in [-0.15, -0.1) is 0 Å². The fourth-order valence-corrected chi connectivity index (χ4v) is 1.94. The summed E-state index contributed by atoms with van der Waals surface area (Å²) in [5.74, 6) is 0.382. The summed E-state index contributed by atoms with van der Waals surface area (Å²) in [4.78, 5) is 11.8. The summed E-state index contributed by atoms with van der Waals surface area (Å²) in [5, 5.41) is 7.01. The van der Waals surface area contributed by atoms with Crippen molar-refractivity contribution in [3.8, 4) is 0 Å². The maximum absolute atomic E-state index is 11.8. The number of anilines is 1. The predicted molar refractivity (Wildman–Crippen MR) is 63.2 cm³/mol. The van der Waals surface area contributed by atoms with E-state index in [9.17, 15) is 4.79 Å². The van der Waals surface area contributed by atoms with Crippen molar-refractivity contribution in [3.05, 3.63) is 12.3 Å². The maximum Gasteiger partial charge on any atom is 0.242 e. The summed E-state index contributed by atoms with van der Waals surface area (Å²) in [6, 6.07) is 1.67. The SMILES string of the molecule is CC1(NC(=O)Cn2ccc(N)n2)CCOCC1. The molecule has 2 heterocycles. The van der Waals surface area contributed by atoms with Crippen LogP contribution in [-0.2, 0) is 16.1 Å². The van der Waals surface area contributed by atoms with Gasteiger partial charge < -0.3 is 15.8 Å². The van der Waals surface area contributed by atoms with Crippen LogP contribution < -0.4 is 11.1 Å². The van der Waals surface area contributed by atoms with Crippen LogP contribution >= 0.6 is 0 Å². The van der Waals surface area contributed by atoms with E-state index in [1.165, 1.54) is 4.68 Å². The predicted octanol–water partition coefficient (Wildman–Crippen LogP) is 0.151. The summed E-state index contributed by atoms with van der Waals surface area (Å²) in [5.41, 5.74) is 5.33. The molecule has 1 saturated heterocycles. The van der Waals surface area contributed by atoms with Gasteiger partial charge >= 0.3 is 0 Å². The Labute approximate surface area is 100 Å². The first-order valence-electron chi connectivity index (χ1n) is 5.75. The van der Waals surface area contributed by atoms with Crippen LogP contribution in [0.25, 0.3) is 0 Å². The van der Waals surface area contributed by atoms with Gasteiger partial charge in [-0.05, 0) is 25.8 Å². The minimum atomic E-state index is -0.159. The number of nitrogens with one attached hydrogen (secondary N) is 1. The number of aromatic nitrogens is 2. The van der Waals surface area contributed by atoms with E-state index in [2.05, 4.69) is 10.4 Å². The lowest BCUT2D eigenvalue weighted by Crippen LogP contribution is -2.50. The maximum atomic E-state index is 11.8. The van der Waals surface area contributed by atoms with Crippen LogP contribution in [0.4, 0.5) is 5.82 Å². The molecule has 0 unspecified atom stereocenters. The number of ether oxygens (including phenoxy) is 1. The van der Waals surface area contributed by atoms with Gasteiger partial charge in [0.15, 0.2) is 0 Å². The van der Waals surface area contributed by atoms with Crippen LogP contribution in [0.15, 0.2) is 12.3 Å². The van der Waals surface area contributed by atoms with Crippen LogP contribution in [-0.4, -0.2) is 34.4 Å². The zero-order chi connectivity index (χ0) is 12.3. The van der Waals surface area contributed by atoms with Gasteiger partial charge in [0.1, 0.15) is 12.4 Å². The smallest absolute Gasteiger partial charge is 0.242 e. The molecule has 94 valence electrons. The van der Waals surface area contributed by atoms with Crippen molar-refractivity contribution in [2.24, 2.45) is 0 Å². The number of nitrogens with two attached hydrogens (primary N) is 1. The third-order valence-corrected chi connectivity index (χ3v) is 3.00. The molecule has 3 N–H and O–H groups in total. The molecule has 2 rings (SSSR count). The molecule has 0 bridgehead atoms. The number of rotatable bonds is 3. The van der Waals surface area contributed by atoms with Gasteiger partial charge in [0.25, 0.3) is 0 Å². The molecule has 1 aliphatic rings. The molecule has 0 aromatic carbocycles. The molecule has 6 nitrogen and oxygen atoms in total. The second-order valence-corrected chi connectivity index (χ2v) is 4.66. The number of carbonyl (C=O) groups is 1. The Hall–Kier alpha value is -1.56. The summed E-state index contributed by atoms with van der Waals surface area (Å²) in [6.07, 6.45) is 3.39. The zero-order valence-corrected chi connectivity index (χ0v) is 9.98. The van der Waals surface area contributed by atoms with Crippen molar-refractivity contribution >= 4 is 11.7 Å². The fraction of sp³-hybridized carbons (Fsp3) is 0.636. The minimum absolute atomic E-state index is 0.0440. The topological polar surface area (TPSA) is 82.2 Å². The summed E-state index contributed by atoms with van der Waals surface area (Å²) in [6.45, 7) is 3.65. The fourth-order valence-electron chi connectivity index (χ4n) is 1.94. The molecule has 0 saturated carbocycles. The van der Waals surface area contributed by atoms with Gasteiger partial charge in [-0.1, -0.05) is 0 Å². The highest BCUT2D eigenvalue weighted by molar-refractivity contribution is 5.76. The largest absolute Gasteiger partial charge is 0.382 e. The summed E-state index contributed by atoms with van der Waals surface area (Å²) >= 11 is 0. The van der Waals surface area contributed by atoms with Gasteiger partial charge in [-0.3, -0.25) is 9.48 Å². The number of hydrogen-bond acceptors (Lipinski definition) is 4. The lowest BCUT2D eigenvalue weighted by Gasteiger charge is -2.34. The summed E-state index contributed by atoms with van der Waals surface area (Å²) < 4.78 is 6.82. The van der Waals surface area contributed by atoms with Crippen LogP contribution in [0.3, 0.4) is 0 Å². The average Bonchev–Trinajstić information content (AvgIpc) is 2.63. The van der Waals surface area contributed by atoms with E-state index >= 15 is 0 Å². The van der Waals surface area contributed by atoms with Crippen molar-refractivity contribution in [2.75, 3.05) is 18.9 Å². The highest BCUT2D eigenvalue weighted by atomic mass is 16.5. The third kappa shape index (κ3) is 3.20. The summed E-state index contributed by atoms with van der Waals surface area (Å²) in [7, 11) is 0.